The Morgan fingerprint density at radius 2 is 2.21 bits per heavy atom. The maximum absolute atomic E-state index is 10.6. The summed E-state index contributed by atoms with van der Waals surface area (Å²) in [5.74, 6) is -0.0662. The van der Waals surface area contributed by atoms with Gasteiger partial charge in [0.2, 0.25) is 0 Å². The van der Waals surface area contributed by atoms with Gasteiger partial charge in [-0.05, 0) is 18.6 Å². The van der Waals surface area contributed by atoms with Crippen LogP contribution in [-0.2, 0) is 0 Å². The van der Waals surface area contributed by atoms with Gasteiger partial charge in [0, 0.05) is 18.2 Å². The van der Waals surface area contributed by atoms with Crippen molar-refractivity contribution in [3.8, 4) is 5.75 Å². The first-order valence-corrected chi connectivity index (χ1v) is 4.34. The van der Waals surface area contributed by atoms with Crippen molar-refractivity contribution in [3.63, 3.8) is 0 Å². The van der Waals surface area contributed by atoms with E-state index >= 15 is 0 Å². The molecule has 4 nitrogen and oxygen atoms in total. The lowest BCUT2D eigenvalue weighted by molar-refractivity contribution is 0.112. The molecule has 1 aromatic rings. The third kappa shape index (κ3) is 1.92. The fraction of sp³-hybridized carbons (Fsp3) is 0.300. The van der Waals surface area contributed by atoms with Crippen LogP contribution in [0.5, 0.6) is 5.75 Å². The Balaban J connectivity index is 3.28. The number of benzene rings is 1. The van der Waals surface area contributed by atoms with E-state index in [9.17, 15) is 9.90 Å². The highest BCUT2D eigenvalue weighted by Gasteiger charge is 2.13. The number of aldehydes is 1. The Morgan fingerprint density at radius 3 is 2.71 bits per heavy atom. The molecule has 0 amide bonds. The molecule has 14 heavy (non-hydrogen) atoms. The van der Waals surface area contributed by atoms with Crippen molar-refractivity contribution >= 4 is 6.29 Å². The summed E-state index contributed by atoms with van der Waals surface area (Å²) in [4.78, 5) is 10.6. The second-order valence-electron chi connectivity index (χ2n) is 3.25. The van der Waals surface area contributed by atoms with Crippen LogP contribution in [-0.4, -0.2) is 17.9 Å². The number of aromatic hydroxyl groups is 1. The summed E-state index contributed by atoms with van der Waals surface area (Å²) in [7, 11) is 0. The van der Waals surface area contributed by atoms with Crippen LogP contribution in [0.2, 0.25) is 0 Å². The summed E-state index contributed by atoms with van der Waals surface area (Å²) in [6.45, 7) is 2.06. The van der Waals surface area contributed by atoms with E-state index in [0.717, 1.165) is 5.56 Å². The van der Waals surface area contributed by atoms with Crippen LogP contribution in [0.25, 0.3) is 0 Å². The zero-order valence-corrected chi connectivity index (χ0v) is 8.03. The summed E-state index contributed by atoms with van der Waals surface area (Å²) in [5, 5.41) is 9.65. The number of nitrogens with two attached hydrogens (primary N) is 2. The molecule has 0 fully saturated rings. The van der Waals surface area contributed by atoms with Crippen molar-refractivity contribution in [2.24, 2.45) is 11.5 Å². The highest BCUT2D eigenvalue weighted by Crippen LogP contribution is 2.27. The maximum atomic E-state index is 10.6. The fourth-order valence-corrected chi connectivity index (χ4v) is 1.34. The Bertz CT molecular complexity index is 350. The minimum absolute atomic E-state index is 0.0662. The van der Waals surface area contributed by atoms with Gasteiger partial charge in [0.05, 0.1) is 5.56 Å². The summed E-state index contributed by atoms with van der Waals surface area (Å²) >= 11 is 0. The number of carbonyl (C=O) groups excluding carboxylic acids is 1. The van der Waals surface area contributed by atoms with E-state index in [0.29, 0.717) is 11.8 Å². The van der Waals surface area contributed by atoms with Gasteiger partial charge in [-0.25, -0.2) is 0 Å². The molecule has 0 unspecified atom stereocenters. The summed E-state index contributed by atoms with van der Waals surface area (Å²) < 4.78 is 0. The van der Waals surface area contributed by atoms with Crippen molar-refractivity contribution < 1.29 is 9.90 Å². The molecular weight excluding hydrogens is 180 g/mol. The van der Waals surface area contributed by atoms with Crippen molar-refractivity contribution in [1.82, 2.24) is 0 Å². The molecule has 0 aliphatic heterocycles. The quantitative estimate of drug-likeness (QED) is 0.610. The molecule has 0 aliphatic carbocycles. The number of carbonyl (C=O) groups is 1. The summed E-state index contributed by atoms with van der Waals surface area (Å²) in [5.41, 5.74) is 12.7. The topological polar surface area (TPSA) is 89.3 Å². The highest BCUT2D eigenvalue weighted by molar-refractivity contribution is 5.80. The van der Waals surface area contributed by atoms with E-state index in [4.69, 9.17) is 11.5 Å². The number of phenols is 1. The maximum Gasteiger partial charge on any atom is 0.153 e. The predicted octanol–water partition coefficient (Wildman–Crippen LogP) is 0.472. The lowest BCUT2D eigenvalue weighted by Gasteiger charge is -2.13. The van der Waals surface area contributed by atoms with E-state index < -0.39 is 6.04 Å². The highest BCUT2D eigenvalue weighted by atomic mass is 16.3. The van der Waals surface area contributed by atoms with Crippen LogP contribution in [0.1, 0.15) is 27.5 Å². The van der Waals surface area contributed by atoms with Gasteiger partial charge in [0.15, 0.2) is 6.29 Å². The molecular formula is C10H14N2O2. The number of phenolic OH excluding ortho intramolecular Hbond substituents is 1. The average Bonchev–Trinajstić information content (AvgIpc) is 2.19. The number of aryl methyl sites for hydroxylation is 1. The first-order chi connectivity index (χ1) is 6.60. The van der Waals surface area contributed by atoms with E-state index in [1.54, 1.807) is 12.1 Å². The Labute approximate surface area is 82.5 Å². The van der Waals surface area contributed by atoms with Gasteiger partial charge in [0.25, 0.3) is 0 Å². The third-order valence-electron chi connectivity index (χ3n) is 2.09. The molecule has 0 saturated heterocycles. The fourth-order valence-electron chi connectivity index (χ4n) is 1.34. The standard InChI is InChI=1S/C10H14N2O2/c1-6-2-7(5-13)10(14)8(3-6)9(12)4-11/h2-3,5,9,14H,4,11-12H2,1H3/t9-/m1/s1. The molecule has 0 saturated carbocycles. The normalized spacial score (nSPS) is 12.5. The molecule has 0 bridgehead atoms. The molecule has 1 atom stereocenters. The molecule has 76 valence electrons. The van der Waals surface area contributed by atoms with Gasteiger partial charge < -0.3 is 16.6 Å². The van der Waals surface area contributed by atoms with Crippen molar-refractivity contribution in [2.45, 2.75) is 13.0 Å². The van der Waals surface area contributed by atoms with Crippen LogP contribution in [0.4, 0.5) is 0 Å². The van der Waals surface area contributed by atoms with E-state index in [-0.39, 0.29) is 17.9 Å². The molecule has 1 aromatic carbocycles. The van der Waals surface area contributed by atoms with Gasteiger partial charge in [-0.15, -0.1) is 0 Å². The first-order valence-electron chi connectivity index (χ1n) is 4.34. The van der Waals surface area contributed by atoms with E-state index in [1.807, 2.05) is 6.92 Å². The van der Waals surface area contributed by atoms with E-state index in [2.05, 4.69) is 0 Å². The van der Waals surface area contributed by atoms with Gasteiger partial charge in [-0.2, -0.15) is 0 Å². The van der Waals surface area contributed by atoms with Crippen LogP contribution in [0, 0.1) is 6.92 Å². The van der Waals surface area contributed by atoms with Gasteiger partial charge in [0.1, 0.15) is 5.75 Å². The van der Waals surface area contributed by atoms with Crippen molar-refractivity contribution in [1.29, 1.82) is 0 Å². The SMILES string of the molecule is Cc1cc(C=O)c(O)c([C@H](N)CN)c1. The Hall–Kier alpha value is -1.39. The lowest BCUT2D eigenvalue weighted by Crippen LogP contribution is -2.21. The number of hydrogen-bond acceptors (Lipinski definition) is 4. The summed E-state index contributed by atoms with van der Waals surface area (Å²) in [6, 6.07) is 2.91. The lowest BCUT2D eigenvalue weighted by atomic mass is 10.00. The van der Waals surface area contributed by atoms with Crippen LogP contribution in [0.15, 0.2) is 12.1 Å². The molecule has 0 aliphatic rings. The second-order valence-corrected chi connectivity index (χ2v) is 3.25. The number of rotatable bonds is 3. The van der Waals surface area contributed by atoms with Gasteiger partial charge in [-0.3, -0.25) is 4.79 Å². The zero-order valence-electron chi connectivity index (χ0n) is 8.03. The first kappa shape index (κ1) is 10.7. The molecule has 0 spiro atoms. The molecule has 4 heteroatoms. The molecule has 1 rings (SSSR count). The molecule has 0 heterocycles. The average molecular weight is 194 g/mol. The smallest absolute Gasteiger partial charge is 0.153 e. The van der Waals surface area contributed by atoms with Crippen LogP contribution >= 0.6 is 0 Å². The second kappa shape index (κ2) is 4.21. The van der Waals surface area contributed by atoms with Gasteiger partial charge in [-0.1, -0.05) is 6.07 Å². The molecule has 0 aromatic heterocycles. The van der Waals surface area contributed by atoms with E-state index in [1.165, 1.54) is 0 Å². The Kier molecular flexibility index (Phi) is 3.22. The number of hydrogen-bond donors (Lipinski definition) is 3. The minimum Gasteiger partial charge on any atom is -0.507 e. The largest absolute Gasteiger partial charge is 0.507 e. The monoisotopic (exact) mass is 194 g/mol. The van der Waals surface area contributed by atoms with Crippen molar-refractivity contribution in [2.75, 3.05) is 6.54 Å². The van der Waals surface area contributed by atoms with Crippen LogP contribution < -0.4 is 11.5 Å². The molecule has 5 N–H and O–H groups in total. The molecule has 0 radical (unpaired) electrons. The summed E-state index contributed by atoms with van der Waals surface area (Å²) in [6.07, 6.45) is 0.606. The third-order valence-corrected chi connectivity index (χ3v) is 2.09. The van der Waals surface area contributed by atoms with Crippen molar-refractivity contribution in [3.05, 3.63) is 28.8 Å². The Morgan fingerprint density at radius 1 is 1.57 bits per heavy atom. The predicted molar refractivity (Wildman–Crippen MR) is 54.2 cm³/mol. The minimum atomic E-state index is -0.436. The van der Waals surface area contributed by atoms with Gasteiger partial charge >= 0.3 is 0 Å². The van der Waals surface area contributed by atoms with Crippen LogP contribution in [0.3, 0.4) is 0 Å². The zero-order chi connectivity index (χ0) is 10.7.